The summed E-state index contributed by atoms with van der Waals surface area (Å²) in [4.78, 5) is 27.0. The Morgan fingerprint density at radius 3 is 1.85 bits per heavy atom. The molecule has 5 nitrogen and oxygen atoms in total. The van der Waals surface area contributed by atoms with Crippen LogP contribution in [0, 0.1) is 70.9 Å². The van der Waals surface area contributed by atoms with Gasteiger partial charge >= 0.3 is 0 Å². The molecular formula is C73H83IrN3O2S-2. The summed E-state index contributed by atoms with van der Waals surface area (Å²) in [6.07, 6.45) is 9.57. The molecule has 0 spiro atoms. The van der Waals surface area contributed by atoms with Crippen LogP contribution in [0.1, 0.15) is 139 Å². The Labute approximate surface area is 496 Å². The Hall–Kier alpha value is -6.37. The molecule has 0 aliphatic rings. The summed E-state index contributed by atoms with van der Waals surface area (Å²) in [5.41, 5.74) is 21.8. The van der Waals surface area contributed by atoms with Crippen molar-refractivity contribution in [3.63, 3.8) is 0 Å². The van der Waals surface area contributed by atoms with Gasteiger partial charge in [0, 0.05) is 65.2 Å². The first kappa shape index (κ1) is 62.8. The van der Waals surface area contributed by atoms with Crippen molar-refractivity contribution in [3.05, 3.63) is 196 Å². The van der Waals surface area contributed by atoms with Gasteiger partial charge in [0.25, 0.3) is 0 Å². The number of allylic oxidation sites excluding steroid dienone is 2. The Kier molecular flexibility index (Phi) is 21.5. The van der Waals surface area contributed by atoms with Gasteiger partial charge in [-0.3, -0.25) is 14.8 Å². The van der Waals surface area contributed by atoms with Crippen LogP contribution in [-0.2, 0) is 36.7 Å². The quantitative estimate of drug-likeness (QED) is 0.0707. The van der Waals surface area contributed by atoms with Crippen molar-refractivity contribution in [2.75, 3.05) is 0 Å². The number of rotatable bonds is 13. The molecule has 1 N–H and O–H groups in total. The van der Waals surface area contributed by atoms with E-state index in [0.29, 0.717) is 0 Å². The number of aromatic nitrogens is 3. The Morgan fingerprint density at radius 2 is 1.24 bits per heavy atom. The third kappa shape index (κ3) is 15.5. The van der Waals surface area contributed by atoms with E-state index in [1.54, 1.807) is 17.7 Å². The predicted molar refractivity (Wildman–Crippen MR) is 338 cm³/mol. The third-order valence-electron chi connectivity index (χ3n) is 14.9. The molecule has 1 radical (unpaired) electrons. The topological polar surface area (TPSA) is 76.0 Å². The second-order valence-electron chi connectivity index (χ2n) is 23.8. The summed E-state index contributed by atoms with van der Waals surface area (Å²) in [5, 5.41) is 12.2. The molecule has 0 aliphatic heterocycles. The van der Waals surface area contributed by atoms with Crippen LogP contribution in [0.3, 0.4) is 0 Å². The molecule has 9 aromatic rings. The summed E-state index contributed by atoms with van der Waals surface area (Å²) in [6, 6.07) is 48.8. The number of hydrogen-bond donors (Lipinski definition) is 1. The number of aryl methyl sites for hydroxylation is 6. The molecule has 0 unspecified atom stereocenters. The van der Waals surface area contributed by atoms with Crippen molar-refractivity contribution in [3.8, 4) is 55.2 Å². The first-order valence-corrected chi connectivity index (χ1v) is 29.2. The number of fused-ring (bicyclic) bond motifs is 2. The van der Waals surface area contributed by atoms with Crippen molar-refractivity contribution < 1.29 is 30.0 Å². The van der Waals surface area contributed by atoms with Crippen molar-refractivity contribution in [1.29, 1.82) is 0 Å². The summed E-state index contributed by atoms with van der Waals surface area (Å²) in [5.74, 6) is 0.547. The van der Waals surface area contributed by atoms with E-state index < -0.39 is 0 Å². The zero-order chi connectivity index (χ0) is 57.3. The van der Waals surface area contributed by atoms with Crippen LogP contribution < -0.4 is 0 Å². The van der Waals surface area contributed by atoms with Crippen molar-refractivity contribution in [1.82, 2.24) is 15.0 Å². The fraction of sp³-hybridized carbons (Fsp3) is 0.342. The molecule has 0 saturated heterocycles. The molecule has 0 aliphatic carbocycles. The molecule has 80 heavy (non-hydrogen) atoms. The predicted octanol–water partition coefficient (Wildman–Crippen LogP) is 20.5. The minimum absolute atomic E-state index is 0. The van der Waals surface area contributed by atoms with Gasteiger partial charge in [0.1, 0.15) is 6.33 Å². The summed E-state index contributed by atoms with van der Waals surface area (Å²) in [7, 11) is 0. The molecule has 9 rings (SSSR count). The van der Waals surface area contributed by atoms with Gasteiger partial charge in [0.15, 0.2) is 5.78 Å². The summed E-state index contributed by atoms with van der Waals surface area (Å²) < 4.78 is 1.14. The van der Waals surface area contributed by atoms with E-state index in [4.69, 9.17) is 4.98 Å². The first-order valence-electron chi connectivity index (χ1n) is 28.4. The first-order chi connectivity index (χ1) is 37.5. The van der Waals surface area contributed by atoms with Gasteiger partial charge in [-0.2, -0.15) is 0 Å². The van der Waals surface area contributed by atoms with Crippen LogP contribution in [0.2, 0.25) is 0 Å². The SMILES string of the molecule is CC(C)(C)Cc1cccc(-c2cccc(-c3ccnc(-c4[c-]c5ccccc5c(C(C)(C)C)c4)c3)c2)c1.CCC(CC)C(=O)/C=C(\O)C(CC)CC.Cc1[c-]c(-c2ncnc3c(C)c(-c4c(C)cc(C)cc4C)sc23)cc(C)c1.[Ir]. The molecular weight excluding hydrogens is 1180 g/mol. The minimum atomic E-state index is 0. The second kappa shape index (κ2) is 27.4. The molecule has 6 aromatic carbocycles. The van der Waals surface area contributed by atoms with Gasteiger partial charge in [-0.15, -0.1) is 75.4 Å². The van der Waals surface area contributed by atoms with Gasteiger partial charge in [-0.1, -0.05) is 178 Å². The maximum Gasteiger partial charge on any atom is 0.162 e. The standard InChI is InChI=1S/C36H36N.C24H23N2S.C13H24O2.Ir/c1-35(2,3)24-25-11-9-13-26(19-25)27-14-10-15-28(20-27)29-17-18-37-34(23-29)31-21-30-12-7-8-16-32(30)33(22-31)36(4,5)6;1-13-7-14(2)11-19(10-13)22-24-21(25-12-26-22)18(6)23(27-24)20-16(4)8-15(3)9-17(20)5;1-5-10(6-2)12(14)9-13(15)11(7-3)8-4;/h7-20,22-23H,24H2,1-6H3;7-10,12H,1-6H3;9-11,14H,5-8H2,1-4H3;/q2*-1;;/b;;12-9-;. The van der Waals surface area contributed by atoms with E-state index in [1.807, 2.05) is 33.9 Å². The fourth-order valence-electron chi connectivity index (χ4n) is 10.9. The molecule has 419 valence electrons. The molecule has 7 heteroatoms. The number of thiophene rings is 1. The number of aliphatic hydroxyl groups excluding tert-OH is 1. The number of carbonyl (C=O) groups excluding carboxylic acids is 1. The van der Waals surface area contributed by atoms with E-state index in [-0.39, 0.29) is 54.3 Å². The van der Waals surface area contributed by atoms with E-state index >= 15 is 0 Å². The largest absolute Gasteiger partial charge is 0.512 e. The van der Waals surface area contributed by atoms with Crippen molar-refractivity contribution in [2.45, 2.75) is 148 Å². The van der Waals surface area contributed by atoms with Crippen LogP contribution in [0.4, 0.5) is 0 Å². The van der Waals surface area contributed by atoms with E-state index in [2.05, 4.69) is 220 Å². The Morgan fingerprint density at radius 1 is 0.637 bits per heavy atom. The summed E-state index contributed by atoms with van der Waals surface area (Å²) >= 11 is 1.80. The third-order valence-corrected chi connectivity index (χ3v) is 16.2. The monoisotopic (exact) mass is 1260 g/mol. The van der Waals surface area contributed by atoms with E-state index in [1.165, 1.54) is 77.5 Å². The minimum Gasteiger partial charge on any atom is -0.512 e. The number of hydrogen-bond acceptors (Lipinski definition) is 6. The Balaban J connectivity index is 0.000000211. The van der Waals surface area contributed by atoms with E-state index in [9.17, 15) is 9.90 Å². The number of ketones is 1. The zero-order valence-corrected chi connectivity index (χ0v) is 53.5. The molecule has 0 amide bonds. The second-order valence-corrected chi connectivity index (χ2v) is 24.8. The van der Waals surface area contributed by atoms with Crippen LogP contribution in [0.15, 0.2) is 140 Å². The molecule has 0 fully saturated rings. The maximum absolute atomic E-state index is 11.7. The Bertz CT molecular complexity index is 3580. The number of nitrogens with zero attached hydrogens (tertiary/aromatic N) is 3. The maximum atomic E-state index is 11.7. The molecule has 3 heterocycles. The van der Waals surface area contributed by atoms with Crippen molar-refractivity contribution in [2.24, 2.45) is 17.3 Å². The molecule has 0 bridgehead atoms. The van der Waals surface area contributed by atoms with Crippen molar-refractivity contribution >= 4 is 38.1 Å². The average Bonchev–Trinajstić information content (AvgIpc) is 3.73. The van der Waals surface area contributed by atoms with Gasteiger partial charge in [-0.25, -0.2) is 4.98 Å². The number of carbonyl (C=O) groups is 1. The zero-order valence-electron chi connectivity index (χ0n) is 50.3. The molecule has 0 atom stereocenters. The normalized spacial score (nSPS) is 11.8. The summed E-state index contributed by atoms with van der Waals surface area (Å²) in [6.45, 7) is 34.7. The van der Waals surface area contributed by atoms with Crippen LogP contribution >= 0.6 is 11.3 Å². The molecule has 0 saturated carbocycles. The van der Waals surface area contributed by atoms with Crippen LogP contribution in [-0.4, -0.2) is 25.8 Å². The number of benzene rings is 6. The van der Waals surface area contributed by atoms with Gasteiger partial charge in [0.05, 0.1) is 11.3 Å². The van der Waals surface area contributed by atoms with Gasteiger partial charge in [0.2, 0.25) is 0 Å². The van der Waals surface area contributed by atoms with Crippen LogP contribution in [0.5, 0.6) is 0 Å². The number of pyridine rings is 1. The van der Waals surface area contributed by atoms with Gasteiger partial charge in [-0.05, 0) is 133 Å². The van der Waals surface area contributed by atoms with E-state index in [0.717, 1.165) is 81.3 Å². The van der Waals surface area contributed by atoms with Gasteiger partial charge < -0.3 is 5.11 Å². The van der Waals surface area contributed by atoms with Crippen LogP contribution in [0.25, 0.3) is 76.2 Å². The number of aliphatic hydroxyl groups is 1. The smallest absolute Gasteiger partial charge is 0.162 e. The molecule has 3 aromatic heterocycles. The fourth-order valence-corrected chi connectivity index (χ4v) is 12.3. The average molecular weight is 1260 g/mol.